The first-order valence-electron chi connectivity index (χ1n) is 6.04. The molecule has 0 aliphatic carbocycles. The molecule has 0 saturated carbocycles. The van der Waals surface area contributed by atoms with Gasteiger partial charge < -0.3 is 15.3 Å². The number of benzene rings is 1. The Hall–Kier alpha value is -1.99. The summed E-state index contributed by atoms with van der Waals surface area (Å²) in [6.07, 6.45) is 0. The number of ether oxygens (including phenoxy) is 1. The number of rotatable bonds is 3. The lowest BCUT2D eigenvalue weighted by Gasteiger charge is -2.10. The van der Waals surface area contributed by atoms with Crippen molar-refractivity contribution in [1.29, 1.82) is 0 Å². The average molecular weight is 290 g/mol. The van der Waals surface area contributed by atoms with Gasteiger partial charge in [0.25, 0.3) is 0 Å². The second kappa shape index (κ2) is 5.18. The Morgan fingerprint density at radius 1 is 1.35 bits per heavy atom. The fourth-order valence-electron chi connectivity index (χ4n) is 2.12. The highest BCUT2D eigenvalue weighted by atomic mass is 32.2. The highest BCUT2D eigenvalue weighted by molar-refractivity contribution is 7.98. The summed E-state index contributed by atoms with van der Waals surface area (Å²) in [5, 5.41) is 9.64. The van der Waals surface area contributed by atoms with Crippen LogP contribution in [0.1, 0.15) is 11.3 Å². The standard InChI is InChI=1S/C13H14N4O2S/c1-19-11-4-7(2-3-10(11)18)12-15-9-6-20-5-8(9)13(16-12)17-14/h2-4,18H,5-6,14H2,1H3,(H,15,16,17). The minimum atomic E-state index is 0.0881. The summed E-state index contributed by atoms with van der Waals surface area (Å²) in [4.78, 5) is 9.01. The van der Waals surface area contributed by atoms with Gasteiger partial charge in [0.15, 0.2) is 17.3 Å². The first-order chi connectivity index (χ1) is 9.72. The van der Waals surface area contributed by atoms with Gasteiger partial charge in [-0.25, -0.2) is 15.8 Å². The summed E-state index contributed by atoms with van der Waals surface area (Å²) in [5.74, 6) is 8.96. The van der Waals surface area contributed by atoms with Crippen LogP contribution in [0.25, 0.3) is 11.4 Å². The molecule has 0 radical (unpaired) electrons. The number of nitrogens with zero attached hydrogens (tertiary/aromatic N) is 2. The number of aromatic nitrogens is 2. The van der Waals surface area contributed by atoms with E-state index in [-0.39, 0.29) is 5.75 Å². The van der Waals surface area contributed by atoms with Crippen molar-refractivity contribution in [3.8, 4) is 22.9 Å². The summed E-state index contributed by atoms with van der Waals surface area (Å²) in [6, 6.07) is 5.02. The molecule has 3 rings (SSSR count). The van der Waals surface area contributed by atoms with Crippen molar-refractivity contribution in [2.45, 2.75) is 11.5 Å². The molecule has 0 unspecified atom stereocenters. The Morgan fingerprint density at radius 3 is 2.95 bits per heavy atom. The number of phenolic OH excluding ortho intramolecular Hbond substituents is 1. The Morgan fingerprint density at radius 2 is 2.20 bits per heavy atom. The van der Waals surface area contributed by atoms with E-state index in [0.717, 1.165) is 28.3 Å². The topological polar surface area (TPSA) is 93.3 Å². The molecule has 2 aromatic rings. The molecule has 7 heteroatoms. The molecule has 1 aromatic carbocycles. The number of hydrazine groups is 1. The van der Waals surface area contributed by atoms with Crippen LogP contribution in [0.3, 0.4) is 0 Å². The second-order valence-electron chi connectivity index (χ2n) is 4.34. The first-order valence-corrected chi connectivity index (χ1v) is 7.20. The van der Waals surface area contributed by atoms with Gasteiger partial charge in [-0.05, 0) is 18.2 Å². The number of nitrogens with one attached hydrogen (secondary N) is 1. The Kier molecular flexibility index (Phi) is 3.37. The average Bonchev–Trinajstić information content (AvgIpc) is 2.95. The number of thioether (sulfide) groups is 1. The first kappa shape index (κ1) is 13.0. The molecule has 0 atom stereocenters. The summed E-state index contributed by atoms with van der Waals surface area (Å²) in [7, 11) is 1.51. The van der Waals surface area contributed by atoms with Crippen molar-refractivity contribution >= 4 is 17.6 Å². The molecule has 4 N–H and O–H groups in total. The summed E-state index contributed by atoms with van der Waals surface area (Å²) in [6.45, 7) is 0. The van der Waals surface area contributed by atoms with Crippen LogP contribution in [-0.2, 0) is 11.5 Å². The molecule has 2 heterocycles. The SMILES string of the molecule is COc1cc(-c2nc3c(c(NN)n2)CSC3)ccc1O. The molecule has 20 heavy (non-hydrogen) atoms. The lowest BCUT2D eigenvalue weighted by Crippen LogP contribution is -2.12. The largest absolute Gasteiger partial charge is 0.504 e. The fourth-order valence-corrected chi connectivity index (χ4v) is 3.16. The van der Waals surface area contributed by atoms with Crippen LogP contribution in [0.15, 0.2) is 18.2 Å². The summed E-state index contributed by atoms with van der Waals surface area (Å²) < 4.78 is 5.11. The highest BCUT2D eigenvalue weighted by Crippen LogP contribution is 2.35. The van der Waals surface area contributed by atoms with Crippen molar-refractivity contribution in [2.75, 3.05) is 12.5 Å². The van der Waals surface area contributed by atoms with Crippen LogP contribution in [0.2, 0.25) is 0 Å². The summed E-state index contributed by atoms with van der Waals surface area (Å²) >= 11 is 1.78. The zero-order valence-electron chi connectivity index (χ0n) is 10.9. The van der Waals surface area contributed by atoms with E-state index >= 15 is 0 Å². The molecule has 1 aliphatic rings. The van der Waals surface area contributed by atoms with Crippen LogP contribution in [-0.4, -0.2) is 22.2 Å². The van der Waals surface area contributed by atoms with E-state index in [1.807, 2.05) is 0 Å². The van der Waals surface area contributed by atoms with Gasteiger partial charge in [-0.1, -0.05) is 0 Å². The van der Waals surface area contributed by atoms with Gasteiger partial charge in [0.05, 0.1) is 12.8 Å². The molecule has 0 saturated heterocycles. The predicted molar refractivity (Wildman–Crippen MR) is 78.5 cm³/mol. The molecule has 0 fully saturated rings. The highest BCUT2D eigenvalue weighted by Gasteiger charge is 2.20. The number of methoxy groups -OCH3 is 1. The van der Waals surface area contributed by atoms with Gasteiger partial charge in [-0.15, -0.1) is 0 Å². The minimum Gasteiger partial charge on any atom is -0.504 e. The Balaban J connectivity index is 2.10. The van der Waals surface area contributed by atoms with Crippen molar-refractivity contribution in [2.24, 2.45) is 5.84 Å². The van der Waals surface area contributed by atoms with E-state index in [9.17, 15) is 5.11 Å². The lowest BCUT2D eigenvalue weighted by atomic mass is 10.1. The number of hydrogen-bond donors (Lipinski definition) is 3. The number of phenols is 1. The van der Waals surface area contributed by atoms with Crippen LogP contribution < -0.4 is 16.0 Å². The maximum Gasteiger partial charge on any atom is 0.162 e. The van der Waals surface area contributed by atoms with E-state index in [2.05, 4.69) is 15.4 Å². The van der Waals surface area contributed by atoms with E-state index in [1.54, 1.807) is 30.0 Å². The van der Waals surface area contributed by atoms with Gasteiger partial charge in [0.1, 0.15) is 5.82 Å². The van der Waals surface area contributed by atoms with Crippen LogP contribution in [0.4, 0.5) is 5.82 Å². The predicted octanol–water partition coefficient (Wildman–Crippen LogP) is 1.89. The molecule has 0 bridgehead atoms. The normalized spacial score (nSPS) is 13.1. The van der Waals surface area contributed by atoms with Gasteiger partial charge in [-0.3, -0.25) is 0 Å². The lowest BCUT2D eigenvalue weighted by molar-refractivity contribution is 0.373. The number of nitrogen functional groups attached to an aromatic ring is 1. The van der Waals surface area contributed by atoms with Gasteiger partial charge >= 0.3 is 0 Å². The van der Waals surface area contributed by atoms with Crippen molar-refractivity contribution in [1.82, 2.24) is 9.97 Å². The van der Waals surface area contributed by atoms with Gasteiger partial charge in [0, 0.05) is 22.6 Å². The number of fused-ring (bicyclic) bond motifs is 1. The monoisotopic (exact) mass is 290 g/mol. The zero-order chi connectivity index (χ0) is 14.1. The quantitative estimate of drug-likeness (QED) is 0.587. The fraction of sp³-hybridized carbons (Fsp3) is 0.231. The molecule has 6 nitrogen and oxygen atoms in total. The third-order valence-electron chi connectivity index (χ3n) is 3.15. The van der Waals surface area contributed by atoms with Crippen molar-refractivity contribution < 1.29 is 9.84 Å². The molecule has 104 valence electrons. The zero-order valence-corrected chi connectivity index (χ0v) is 11.7. The van der Waals surface area contributed by atoms with Crippen molar-refractivity contribution in [3.05, 3.63) is 29.5 Å². The maximum absolute atomic E-state index is 9.64. The van der Waals surface area contributed by atoms with E-state index < -0.39 is 0 Å². The summed E-state index contributed by atoms with van der Waals surface area (Å²) in [5.41, 5.74) is 5.47. The third-order valence-corrected chi connectivity index (χ3v) is 4.12. The molecular weight excluding hydrogens is 276 g/mol. The minimum absolute atomic E-state index is 0.0881. The van der Waals surface area contributed by atoms with E-state index in [4.69, 9.17) is 10.6 Å². The number of hydrogen-bond acceptors (Lipinski definition) is 7. The third kappa shape index (κ3) is 2.14. The van der Waals surface area contributed by atoms with E-state index in [1.165, 1.54) is 7.11 Å². The van der Waals surface area contributed by atoms with Gasteiger partial charge in [0.2, 0.25) is 0 Å². The second-order valence-corrected chi connectivity index (χ2v) is 5.33. The molecule has 1 aliphatic heterocycles. The van der Waals surface area contributed by atoms with Crippen LogP contribution in [0.5, 0.6) is 11.5 Å². The van der Waals surface area contributed by atoms with E-state index in [0.29, 0.717) is 17.4 Å². The van der Waals surface area contributed by atoms with Gasteiger partial charge in [-0.2, -0.15) is 11.8 Å². The van der Waals surface area contributed by atoms with Crippen molar-refractivity contribution in [3.63, 3.8) is 0 Å². The molecule has 0 spiro atoms. The van der Waals surface area contributed by atoms with Crippen LogP contribution >= 0.6 is 11.8 Å². The Labute approximate surface area is 120 Å². The van der Waals surface area contributed by atoms with Crippen LogP contribution in [0, 0.1) is 0 Å². The Bertz CT molecular complexity index is 663. The number of anilines is 1. The molecule has 0 amide bonds. The molecular formula is C13H14N4O2S. The smallest absolute Gasteiger partial charge is 0.162 e. The number of aromatic hydroxyl groups is 1. The molecule has 1 aromatic heterocycles. The maximum atomic E-state index is 9.64. The number of nitrogens with two attached hydrogens (primary N) is 1.